The lowest BCUT2D eigenvalue weighted by Gasteiger charge is -2.40. The van der Waals surface area contributed by atoms with Crippen LogP contribution in [-0.2, 0) is 4.74 Å². The molecular weight excluding hydrogens is 224 g/mol. The number of hydrazine groups is 1. The first-order chi connectivity index (χ1) is 8.52. The van der Waals surface area contributed by atoms with Gasteiger partial charge < -0.3 is 4.74 Å². The maximum atomic E-state index is 5.80. The third-order valence-corrected chi connectivity index (χ3v) is 5.17. The Hall–Kier alpha value is -0.120. The van der Waals surface area contributed by atoms with E-state index in [0.29, 0.717) is 17.4 Å². The predicted octanol–water partition coefficient (Wildman–Crippen LogP) is 2.71. The Kier molecular flexibility index (Phi) is 4.68. The van der Waals surface area contributed by atoms with E-state index in [1.54, 1.807) is 0 Å². The van der Waals surface area contributed by atoms with Gasteiger partial charge >= 0.3 is 0 Å². The van der Waals surface area contributed by atoms with E-state index >= 15 is 0 Å². The number of rotatable bonds is 3. The molecule has 0 amide bonds. The van der Waals surface area contributed by atoms with Gasteiger partial charge in [-0.15, -0.1) is 0 Å². The van der Waals surface area contributed by atoms with Gasteiger partial charge in [-0.3, -0.25) is 11.3 Å². The zero-order valence-corrected chi connectivity index (χ0v) is 12.2. The molecule has 3 nitrogen and oxygen atoms in total. The Labute approximate surface area is 112 Å². The van der Waals surface area contributed by atoms with Crippen LogP contribution in [0.4, 0.5) is 0 Å². The Morgan fingerprint density at radius 2 is 1.72 bits per heavy atom. The monoisotopic (exact) mass is 254 g/mol. The largest absolute Gasteiger partial charge is 0.381 e. The molecule has 0 aromatic rings. The fourth-order valence-corrected chi connectivity index (χ4v) is 3.84. The summed E-state index contributed by atoms with van der Waals surface area (Å²) in [6.45, 7) is 8.94. The van der Waals surface area contributed by atoms with Gasteiger partial charge in [0.2, 0.25) is 0 Å². The highest BCUT2D eigenvalue weighted by atomic mass is 16.5. The van der Waals surface area contributed by atoms with Crippen LogP contribution in [-0.4, -0.2) is 19.3 Å². The van der Waals surface area contributed by atoms with Crippen LogP contribution in [0.1, 0.15) is 52.9 Å². The molecule has 1 saturated carbocycles. The number of nitrogens with one attached hydrogen (secondary N) is 1. The fraction of sp³-hybridized carbons (Fsp3) is 1.00. The van der Waals surface area contributed by atoms with Gasteiger partial charge in [0.1, 0.15) is 0 Å². The summed E-state index contributed by atoms with van der Waals surface area (Å²) in [5.74, 6) is 8.06. The molecular formula is C15H30N2O. The Morgan fingerprint density at radius 1 is 1.06 bits per heavy atom. The van der Waals surface area contributed by atoms with Crippen molar-refractivity contribution in [1.82, 2.24) is 5.43 Å². The molecule has 18 heavy (non-hydrogen) atoms. The van der Waals surface area contributed by atoms with Gasteiger partial charge in [0.05, 0.1) is 6.61 Å². The highest BCUT2D eigenvalue weighted by Gasteiger charge is 2.36. The molecule has 1 heterocycles. The highest BCUT2D eigenvalue weighted by molar-refractivity contribution is 4.89. The van der Waals surface area contributed by atoms with E-state index in [4.69, 9.17) is 10.6 Å². The minimum atomic E-state index is 0.465. The standard InChI is InChI=1S/C15H30N2O/c1-15(2,3)13-6-4-11(5-7-13)14(17-16)12-8-9-18-10-12/h11-14,17H,4-10,16H2,1-3H3. The molecule has 3 N–H and O–H groups in total. The van der Waals surface area contributed by atoms with Crippen LogP contribution in [0.25, 0.3) is 0 Å². The Morgan fingerprint density at radius 3 is 2.17 bits per heavy atom. The summed E-state index contributed by atoms with van der Waals surface area (Å²) in [6, 6.07) is 0.466. The number of nitrogens with two attached hydrogens (primary N) is 1. The molecule has 2 fully saturated rings. The number of ether oxygens (including phenoxy) is 1. The van der Waals surface area contributed by atoms with Crippen LogP contribution >= 0.6 is 0 Å². The van der Waals surface area contributed by atoms with Crippen molar-refractivity contribution < 1.29 is 4.74 Å². The van der Waals surface area contributed by atoms with Crippen molar-refractivity contribution in [1.29, 1.82) is 0 Å². The molecule has 3 heteroatoms. The van der Waals surface area contributed by atoms with Crippen LogP contribution in [0.15, 0.2) is 0 Å². The third kappa shape index (κ3) is 3.25. The van der Waals surface area contributed by atoms with Crippen molar-refractivity contribution in [2.75, 3.05) is 13.2 Å². The van der Waals surface area contributed by atoms with Crippen LogP contribution < -0.4 is 11.3 Å². The molecule has 0 spiro atoms. The molecule has 2 atom stereocenters. The molecule has 2 aliphatic rings. The van der Waals surface area contributed by atoms with Crippen molar-refractivity contribution in [3.8, 4) is 0 Å². The summed E-state index contributed by atoms with van der Waals surface area (Å²) >= 11 is 0. The fourth-order valence-electron chi connectivity index (χ4n) is 3.84. The molecule has 106 valence electrons. The molecule has 1 aliphatic carbocycles. The lowest BCUT2D eigenvalue weighted by molar-refractivity contribution is 0.108. The second-order valence-electron chi connectivity index (χ2n) is 7.29. The molecule has 2 rings (SSSR count). The van der Waals surface area contributed by atoms with E-state index in [0.717, 1.165) is 25.0 Å². The minimum absolute atomic E-state index is 0.465. The average Bonchev–Trinajstić information content (AvgIpc) is 2.83. The van der Waals surface area contributed by atoms with Crippen molar-refractivity contribution in [2.45, 2.75) is 58.9 Å². The van der Waals surface area contributed by atoms with Crippen LogP contribution in [0.5, 0.6) is 0 Å². The molecule has 0 bridgehead atoms. The first-order valence-corrected chi connectivity index (χ1v) is 7.56. The van der Waals surface area contributed by atoms with Gasteiger partial charge in [-0.1, -0.05) is 20.8 Å². The topological polar surface area (TPSA) is 47.3 Å². The van der Waals surface area contributed by atoms with Crippen LogP contribution in [0.3, 0.4) is 0 Å². The Balaban J connectivity index is 1.87. The summed E-state index contributed by atoms with van der Waals surface area (Å²) in [6.07, 6.45) is 6.55. The van der Waals surface area contributed by atoms with Gasteiger partial charge in [-0.2, -0.15) is 0 Å². The lowest BCUT2D eigenvalue weighted by atomic mass is 9.67. The predicted molar refractivity (Wildman–Crippen MR) is 74.9 cm³/mol. The van der Waals surface area contributed by atoms with Crippen LogP contribution in [0.2, 0.25) is 0 Å². The number of hydrogen-bond acceptors (Lipinski definition) is 3. The van der Waals surface area contributed by atoms with Gasteiger partial charge in [-0.05, 0) is 49.4 Å². The average molecular weight is 254 g/mol. The molecule has 2 unspecified atom stereocenters. The zero-order chi connectivity index (χ0) is 13.2. The Bertz CT molecular complexity index is 248. The first kappa shape index (κ1) is 14.3. The molecule has 1 aliphatic heterocycles. The van der Waals surface area contributed by atoms with Gasteiger partial charge in [0.25, 0.3) is 0 Å². The zero-order valence-electron chi connectivity index (χ0n) is 12.2. The van der Waals surface area contributed by atoms with Crippen molar-refractivity contribution in [3.05, 3.63) is 0 Å². The quantitative estimate of drug-likeness (QED) is 0.601. The molecule has 0 aromatic heterocycles. The summed E-state index contributed by atoms with van der Waals surface area (Å²) in [4.78, 5) is 0. The van der Waals surface area contributed by atoms with E-state index in [1.165, 1.54) is 32.1 Å². The maximum absolute atomic E-state index is 5.80. The smallest absolute Gasteiger partial charge is 0.0510 e. The van der Waals surface area contributed by atoms with Crippen molar-refractivity contribution >= 4 is 0 Å². The van der Waals surface area contributed by atoms with E-state index < -0.39 is 0 Å². The second kappa shape index (κ2) is 5.89. The van der Waals surface area contributed by atoms with Gasteiger partial charge in [0.15, 0.2) is 0 Å². The van der Waals surface area contributed by atoms with Crippen molar-refractivity contribution in [2.24, 2.45) is 29.0 Å². The summed E-state index contributed by atoms with van der Waals surface area (Å²) in [5.41, 5.74) is 3.55. The number of hydrogen-bond donors (Lipinski definition) is 2. The molecule has 0 radical (unpaired) electrons. The van der Waals surface area contributed by atoms with E-state index in [-0.39, 0.29) is 0 Å². The SMILES string of the molecule is CC(C)(C)C1CCC(C(NN)C2CCOC2)CC1. The van der Waals surface area contributed by atoms with E-state index in [2.05, 4.69) is 26.2 Å². The van der Waals surface area contributed by atoms with Gasteiger partial charge in [0, 0.05) is 18.6 Å². The van der Waals surface area contributed by atoms with Gasteiger partial charge in [-0.25, -0.2) is 0 Å². The minimum Gasteiger partial charge on any atom is -0.381 e. The molecule has 1 saturated heterocycles. The molecule has 0 aromatic carbocycles. The normalized spacial score (nSPS) is 35.7. The summed E-state index contributed by atoms with van der Waals surface area (Å²) in [5, 5.41) is 0. The lowest BCUT2D eigenvalue weighted by Crippen LogP contribution is -2.47. The summed E-state index contributed by atoms with van der Waals surface area (Å²) in [7, 11) is 0. The second-order valence-corrected chi connectivity index (χ2v) is 7.29. The first-order valence-electron chi connectivity index (χ1n) is 7.56. The van der Waals surface area contributed by atoms with Crippen LogP contribution in [0, 0.1) is 23.2 Å². The van der Waals surface area contributed by atoms with E-state index in [9.17, 15) is 0 Å². The van der Waals surface area contributed by atoms with Crippen molar-refractivity contribution in [3.63, 3.8) is 0 Å². The third-order valence-electron chi connectivity index (χ3n) is 5.17. The highest BCUT2D eigenvalue weighted by Crippen LogP contribution is 2.42. The summed E-state index contributed by atoms with van der Waals surface area (Å²) < 4.78 is 5.51. The van der Waals surface area contributed by atoms with E-state index in [1.807, 2.05) is 0 Å². The maximum Gasteiger partial charge on any atom is 0.0510 e.